The summed E-state index contributed by atoms with van der Waals surface area (Å²) in [5.74, 6) is 0.722. The van der Waals surface area contributed by atoms with Crippen molar-refractivity contribution in [2.24, 2.45) is 5.41 Å². The van der Waals surface area contributed by atoms with Crippen molar-refractivity contribution in [1.29, 1.82) is 0 Å². The van der Waals surface area contributed by atoms with Gasteiger partial charge in [-0.05, 0) is 40.3 Å². The van der Waals surface area contributed by atoms with Crippen LogP contribution in [0.15, 0.2) is 16.7 Å². The van der Waals surface area contributed by atoms with Crippen molar-refractivity contribution < 1.29 is 4.79 Å². The van der Waals surface area contributed by atoms with E-state index in [9.17, 15) is 4.79 Å². The summed E-state index contributed by atoms with van der Waals surface area (Å²) >= 11 is 3.40. The van der Waals surface area contributed by atoms with E-state index in [0.717, 1.165) is 30.4 Å². The third-order valence-corrected chi connectivity index (χ3v) is 5.37. The second kappa shape index (κ2) is 6.77. The van der Waals surface area contributed by atoms with E-state index in [1.54, 1.807) is 13.2 Å². The number of nitrogens with zero attached hydrogens (tertiary/aromatic N) is 2. The Morgan fingerprint density at radius 1 is 1.38 bits per heavy atom. The maximum Gasteiger partial charge on any atom is 0.257 e. The Balaban J connectivity index is 2.14. The van der Waals surface area contributed by atoms with E-state index >= 15 is 0 Å². The van der Waals surface area contributed by atoms with Crippen LogP contribution in [0.3, 0.4) is 0 Å². The normalized spacial score (nSPS) is 17.6. The fourth-order valence-corrected chi connectivity index (χ4v) is 3.44. The van der Waals surface area contributed by atoms with Crippen molar-refractivity contribution in [2.45, 2.75) is 39.5 Å². The van der Waals surface area contributed by atoms with E-state index in [2.05, 4.69) is 40.1 Å². The number of amides is 1. The molecular formula is C16H24BrN3O. The first-order chi connectivity index (χ1) is 10.0. The fourth-order valence-electron chi connectivity index (χ4n) is 3.11. The summed E-state index contributed by atoms with van der Waals surface area (Å²) < 4.78 is 0.832. The van der Waals surface area contributed by atoms with Crippen molar-refractivity contribution >= 4 is 27.7 Å². The monoisotopic (exact) mass is 353 g/mol. The number of carbonyl (C=O) groups excluding carboxylic acids is 1. The lowest BCUT2D eigenvalue weighted by Gasteiger charge is -2.41. The number of piperidine rings is 1. The first-order valence-corrected chi connectivity index (χ1v) is 8.47. The third-order valence-electron chi connectivity index (χ3n) is 4.93. The van der Waals surface area contributed by atoms with E-state index in [4.69, 9.17) is 0 Å². The Morgan fingerprint density at radius 3 is 2.52 bits per heavy atom. The van der Waals surface area contributed by atoms with Gasteiger partial charge >= 0.3 is 0 Å². The second-order valence-electron chi connectivity index (χ2n) is 5.80. The molecular weight excluding hydrogens is 330 g/mol. The van der Waals surface area contributed by atoms with Gasteiger partial charge in [-0.25, -0.2) is 4.98 Å². The molecule has 2 rings (SSSR count). The number of rotatable bonds is 4. The number of pyridine rings is 1. The summed E-state index contributed by atoms with van der Waals surface area (Å²) in [5, 5.41) is 3.00. The summed E-state index contributed by atoms with van der Waals surface area (Å²) in [6.07, 6.45) is 6.31. The number of aromatic nitrogens is 1. The molecule has 21 heavy (non-hydrogen) atoms. The predicted octanol–water partition coefficient (Wildman–Crippen LogP) is 3.93. The molecule has 0 bridgehead atoms. The van der Waals surface area contributed by atoms with Gasteiger partial charge in [0.05, 0.1) is 5.56 Å². The molecule has 2 heterocycles. The van der Waals surface area contributed by atoms with Gasteiger partial charge in [0, 0.05) is 30.8 Å². The van der Waals surface area contributed by atoms with E-state index in [1.165, 1.54) is 12.8 Å². The first kappa shape index (κ1) is 16.3. The number of anilines is 1. The molecule has 1 aromatic rings. The van der Waals surface area contributed by atoms with Gasteiger partial charge in [-0.2, -0.15) is 0 Å². The minimum absolute atomic E-state index is 0.0777. The largest absolute Gasteiger partial charge is 0.372 e. The van der Waals surface area contributed by atoms with Crippen molar-refractivity contribution in [2.75, 3.05) is 25.5 Å². The molecule has 1 amide bonds. The Bertz CT molecular complexity index is 504. The van der Waals surface area contributed by atoms with Gasteiger partial charge in [-0.3, -0.25) is 4.79 Å². The minimum atomic E-state index is 0.0777. The van der Waals surface area contributed by atoms with Crippen LogP contribution in [0, 0.1) is 5.41 Å². The molecule has 1 aliphatic heterocycles. The molecule has 0 aliphatic carbocycles. The van der Waals surface area contributed by atoms with Crippen LogP contribution in [0.25, 0.3) is 0 Å². The van der Waals surface area contributed by atoms with E-state index in [1.807, 2.05) is 11.0 Å². The molecule has 0 radical (unpaired) electrons. The molecule has 116 valence electrons. The van der Waals surface area contributed by atoms with Gasteiger partial charge in [0.25, 0.3) is 5.91 Å². The second-order valence-corrected chi connectivity index (χ2v) is 6.71. The van der Waals surface area contributed by atoms with E-state index in [0.29, 0.717) is 16.8 Å². The van der Waals surface area contributed by atoms with Gasteiger partial charge < -0.3 is 10.2 Å². The Kier molecular flexibility index (Phi) is 5.25. The number of hydrogen-bond acceptors (Lipinski definition) is 3. The van der Waals surface area contributed by atoms with E-state index < -0.39 is 0 Å². The van der Waals surface area contributed by atoms with Gasteiger partial charge in [-0.1, -0.05) is 26.7 Å². The average molecular weight is 354 g/mol. The van der Waals surface area contributed by atoms with Crippen molar-refractivity contribution in [3.05, 3.63) is 22.3 Å². The highest BCUT2D eigenvalue weighted by atomic mass is 79.9. The molecule has 0 atom stereocenters. The minimum Gasteiger partial charge on any atom is -0.372 e. The number of nitrogens with one attached hydrogen (secondary N) is 1. The highest BCUT2D eigenvalue weighted by Gasteiger charge is 2.33. The summed E-state index contributed by atoms with van der Waals surface area (Å²) in [6.45, 7) is 6.21. The van der Waals surface area contributed by atoms with Gasteiger partial charge in [0.2, 0.25) is 0 Å². The Morgan fingerprint density at radius 2 is 2.00 bits per heavy atom. The highest BCUT2D eigenvalue weighted by Crippen LogP contribution is 2.38. The molecule has 1 aliphatic rings. The van der Waals surface area contributed by atoms with Gasteiger partial charge in [-0.15, -0.1) is 0 Å². The summed E-state index contributed by atoms with van der Waals surface area (Å²) in [6, 6.07) is 1.85. The molecule has 0 aromatic carbocycles. The predicted molar refractivity (Wildman–Crippen MR) is 89.6 cm³/mol. The lowest BCUT2D eigenvalue weighted by Crippen LogP contribution is -2.43. The summed E-state index contributed by atoms with van der Waals surface area (Å²) in [5.41, 5.74) is 1.07. The zero-order valence-corrected chi connectivity index (χ0v) is 14.7. The van der Waals surface area contributed by atoms with Crippen LogP contribution in [0.4, 0.5) is 5.82 Å². The average Bonchev–Trinajstić information content (AvgIpc) is 2.54. The van der Waals surface area contributed by atoms with E-state index in [-0.39, 0.29) is 5.91 Å². The van der Waals surface area contributed by atoms with Gasteiger partial charge in [0.1, 0.15) is 5.82 Å². The van der Waals surface area contributed by atoms with Gasteiger partial charge in [0.15, 0.2) is 0 Å². The van der Waals surface area contributed by atoms with Crippen LogP contribution in [0.2, 0.25) is 0 Å². The molecule has 4 nitrogen and oxygen atoms in total. The SMILES string of the molecule is CCC1(CC)CCN(C(=O)c2cc(Br)cnc2NC)CC1. The molecule has 0 unspecified atom stereocenters. The van der Waals surface area contributed by atoms with Crippen LogP contribution >= 0.6 is 15.9 Å². The van der Waals surface area contributed by atoms with Crippen molar-refractivity contribution in [3.63, 3.8) is 0 Å². The van der Waals surface area contributed by atoms with Crippen molar-refractivity contribution in [3.8, 4) is 0 Å². The third kappa shape index (κ3) is 3.39. The van der Waals surface area contributed by atoms with Crippen LogP contribution in [0.1, 0.15) is 49.9 Å². The molecule has 1 N–H and O–H groups in total. The quantitative estimate of drug-likeness (QED) is 0.891. The number of halogens is 1. The molecule has 1 aromatic heterocycles. The Hall–Kier alpha value is -1.10. The molecule has 0 saturated carbocycles. The fraction of sp³-hybridized carbons (Fsp3) is 0.625. The smallest absolute Gasteiger partial charge is 0.257 e. The van der Waals surface area contributed by atoms with Crippen LogP contribution in [-0.4, -0.2) is 35.9 Å². The number of carbonyl (C=O) groups is 1. The van der Waals surface area contributed by atoms with Crippen LogP contribution < -0.4 is 5.32 Å². The van der Waals surface area contributed by atoms with Crippen molar-refractivity contribution in [1.82, 2.24) is 9.88 Å². The zero-order valence-electron chi connectivity index (χ0n) is 13.1. The topological polar surface area (TPSA) is 45.2 Å². The molecule has 5 heteroatoms. The maximum atomic E-state index is 12.7. The lowest BCUT2D eigenvalue weighted by atomic mass is 9.74. The lowest BCUT2D eigenvalue weighted by molar-refractivity contribution is 0.0558. The molecule has 0 spiro atoms. The summed E-state index contributed by atoms with van der Waals surface area (Å²) in [7, 11) is 1.79. The first-order valence-electron chi connectivity index (χ1n) is 7.68. The zero-order chi connectivity index (χ0) is 15.5. The standard InChI is InChI=1S/C16H24BrN3O/c1-4-16(5-2)6-8-20(9-7-16)15(21)13-10-12(17)11-19-14(13)18-3/h10-11H,4-9H2,1-3H3,(H,18,19). The molecule has 1 fully saturated rings. The maximum absolute atomic E-state index is 12.7. The number of likely N-dealkylation sites (tertiary alicyclic amines) is 1. The van der Waals surface area contributed by atoms with Crippen LogP contribution in [-0.2, 0) is 0 Å². The highest BCUT2D eigenvalue weighted by molar-refractivity contribution is 9.10. The Labute approximate surface area is 135 Å². The molecule has 1 saturated heterocycles. The van der Waals surface area contributed by atoms with Crippen LogP contribution in [0.5, 0.6) is 0 Å². The number of hydrogen-bond donors (Lipinski definition) is 1. The summed E-state index contributed by atoms with van der Waals surface area (Å²) in [4.78, 5) is 19.0.